The van der Waals surface area contributed by atoms with Crippen LogP contribution in [0.1, 0.15) is 18.4 Å². The fourth-order valence-corrected chi connectivity index (χ4v) is 2.93. The van der Waals surface area contributed by atoms with Gasteiger partial charge in [-0.2, -0.15) is 0 Å². The first-order valence-electron chi connectivity index (χ1n) is 5.30. The fourth-order valence-electron chi connectivity index (χ4n) is 1.73. The first kappa shape index (κ1) is 12.1. The summed E-state index contributed by atoms with van der Waals surface area (Å²) in [7, 11) is 0. The van der Waals surface area contributed by atoms with E-state index in [-0.39, 0.29) is 6.54 Å². The molecule has 0 spiro atoms. The van der Waals surface area contributed by atoms with E-state index >= 15 is 0 Å². The van der Waals surface area contributed by atoms with Gasteiger partial charge in [0, 0.05) is 13.1 Å². The van der Waals surface area contributed by atoms with Crippen LogP contribution in [0.4, 0.5) is 0 Å². The lowest BCUT2D eigenvalue weighted by Crippen LogP contribution is -2.31. The van der Waals surface area contributed by atoms with Gasteiger partial charge in [0.1, 0.15) is 0 Å². The molecule has 0 bridgehead atoms. The Labute approximate surface area is 107 Å². The zero-order valence-electron chi connectivity index (χ0n) is 8.86. The Morgan fingerprint density at radius 3 is 2.88 bits per heavy atom. The number of rotatable bonds is 6. The fraction of sp³-hybridized carbons (Fsp3) is 0.545. The van der Waals surface area contributed by atoms with Gasteiger partial charge in [-0.25, -0.2) is 0 Å². The molecule has 1 aromatic heterocycles. The van der Waals surface area contributed by atoms with Crippen molar-refractivity contribution >= 4 is 33.2 Å². The molecule has 0 aromatic carbocycles. The Balaban J connectivity index is 1.91. The van der Waals surface area contributed by atoms with Gasteiger partial charge in [-0.05, 0) is 51.7 Å². The van der Waals surface area contributed by atoms with Crippen LogP contribution in [0.3, 0.4) is 0 Å². The third-order valence-electron chi connectivity index (χ3n) is 2.60. The summed E-state index contributed by atoms with van der Waals surface area (Å²) < 4.78 is 1.10. The van der Waals surface area contributed by atoms with Crippen molar-refractivity contribution in [1.29, 1.82) is 0 Å². The molecule has 1 N–H and O–H groups in total. The largest absolute Gasteiger partial charge is 0.480 e. The molecule has 1 aliphatic rings. The number of carboxylic acid groups (broad SMARTS) is 1. The molecule has 5 heteroatoms. The Kier molecular flexibility index (Phi) is 4.00. The zero-order valence-corrected chi connectivity index (χ0v) is 11.3. The number of thiophene rings is 1. The highest BCUT2D eigenvalue weighted by Crippen LogP contribution is 2.30. The van der Waals surface area contributed by atoms with Gasteiger partial charge < -0.3 is 5.11 Å². The molecule has 1 fully saturated rings. The first-order valence-corrected chi connectivity index (χ1v) is 6.98. The molecular weight excluding hydrogens is 290 g/mol. The molecule has 16 heavy (non-hydrogen) atoms. The van der Waals surface area contributed by atoms with Crippen molar-refractivity contribution in [3.05, 3.63) is 20.8 Å². The monoisotopic (exact) mass is 303 g/mol. The van der Waals surface area contributed by atoms with E-state index in [9.17, 15) is 4.79 Å². The van der Waals surface area contributed by atoms with E-state index in [0.29, 0.717) is 0 Å². The second-order valence-corrected chi connectivity index (χ2v) is 6.56. The van der Waals surface area contributed by atoms with Crippen LogP contribution in [0.15, 0.2) is 15.2 Å². The van der Waals surface area contributed by atoms with Gasteiger partial charge in [0.25, 0.3) is 0 Å². The number of carbonyl (C=O) groups is 1. The number of aliphatic carboxylic acids is 1. The van der Waals surface area contributed by atoms with Gasteiger partial charge in [-0.3, -0.25) is 9.69 Å². The van der Waals surface area contributed by atoms with Gasteiger partial charge >= 0.3 is 5.97 Å². The van der Waals surface area contributed by atoms with Crippen LogP contribution >= 0.6 is 27.3 Å². The van der Waals surface area contributed by atoms with Crippen LogP contribution in [0, 0.1) is 5.92 Å². The molecule has 1 saturated carbocycles. The van der Waals surface area contributed by atoms with Crippen molar-refractivity contribution in [1.82, 2.24) is 4.90 Å². The first-order chi connectivity index (χ1) is 7.63. The third-order valence-corrected chi connectivity index (χ3v) is 4.15. The Bertz CT molecular complexity index is 376. The van der Waals surface area contributed by atoms with E-state index in [4.69, 9.17) is 5.11 Å². The molecule has 1 aromatic rings. The smallest absolute Gasteiger partial charge is 0.317 e. The second-order valence-electron chi connectivity index (χ2n) is 4.27. The highest BCUT2D eigenvalue weighted by atomic mass is 79.9. The quantitative estimate of drug-likeness (QED) is 0.878. The molecule has 0 aliphatic heterocycles. The van der Waals surface area contributed by atoms with Crippen LogP contribution in [0.25, 0.3) is 0 Å². The summed E-state index contributed by atoms with van der Waals surface area (Å²) in [4.78, 5) is 12.8. The third kappa shape index (κ3) is 3.88. The Morgan fingerprint density at radius 2 is 2.38 bits per heavy atom. The number of carboxylic acids is 1. The molecule has 0 radical (unpaired) electrons. The lowest BCUT2D eigenvalue weighted by Gasteiger charge is -2.19. The maximum Gasteiger partial charge on any atom is 0.317 e. The van der Waals surface area contributed by atoms with Gasteiger partial charge in [0.2, 0.25) is 0 Å². The molecule has 3 nitrogen and oxygen atoms in total. The molecule has 1 aliphatic carbocycles. The van der Waals surface area contributed by atoms with Crippen LogP contribution in [0.2, 0.25) is 0 Å². The predicted molar refractivity (Wildman–Crippen MR) is 67.7 cm³/mol. The zero-order chi connectivity index (χ0) is 11.5. The standard InChI is InChI=1S/C11H14BrNO2S/c12-10-3-9(7-16-10)5-13(6-11(14)15)4-8-1-2-8/h3,7-8H,1-2,4-6H2,(H,14,15). The normalized spacial score (nSPS) is 15.6. The summed E-state index contributed by atoms with van der Waals surface area (Å²) in [5.41, 5.74) is 1.19. The van der Waals surface area contributed by atoms with Crippen molar-refractivity contribution in [2.24, 2.45) is 5.92 Å². The number of hydrogen-bond donors (Lipinski definition) is 1. The maximum atomic E-state index is 10.8. The van der Waals surface area contributed by atoms with Crippen LogP contribution in [0.5, 0.6) is 0 Å². The topological polar surface area (TPSA) is 40.5 Å². The van der Waals surface area contributed by atoms with Gasteiger partial charge in [-0.1, -0.05) is 0 Å². The SMILES string of the molecule is O=C(O)CN(Cc1csc(Br)c1)CC1CC1. The summed E-state index contributed by atoms with van der Waals surface area (Å²) in [6.45, 7) is 1.80. The number of halogens is 1. The summed E-state index contributed by atoms with van der Waals surface area (Å²) >= 11 is 5.06. The van der Waals surface area contributed by atoms with E-state index in [1.54, 1.807) is 11.3 Å². The summed E-state index contributed by atoms with van der Waals surface area (Å²) in [6.07, 6.45) is 2.51. The minimum Gasteiger partial charge on any atom is -0.480 e. The Morgan fingerprint density at radius 1 is 1.62 bits per heavy atom. The van der Waals surface area contributed by atoms with Crippen molar-refractivity contribution in [2.45, 2.75) is 19.4 Å². The van der Waals surface area contributed by atoms with Gasteiger partial charge in [-0.15, -0.1) is 11.3 Å². The highest BCUT2D eigenvalue weighted by molar-refractivity contribution is 9.11. The summed E-state index contributed by atoms with van der Waals surface area (Å²) in [5.74, 6) is -0.0172. The Hall–Kier alpha value is -0.390. The summed E-state index contributed by atoms with van der Waals surface area (Å²) in [6, 6.07) is 2.06. The molecule has 0 unspecified atom stereocenters. The molecule has 0 saturated heterocycles. The molecular formula is C11H14BrNO2S. The van der Waals surface area contributed by atoms with Crippen molar-refractivity contribution in [3.63, 3.8) is 0 Å². The molecule has 0 amide bonds. The number of nitrogens with zero attached hydrogens (tertiary/aromatic N) is 1. The lowest BCUT2D eigenvalue weighted by atomic mass is 10.3. The maximum absolute atomic E-state index is 10.8. The van der Waals surface area contributed by atoms with Crippen molar-refractivity contribution < 1.29 is 9.90 Å². The molecule has 88 valence electrons. The van der Waals surface area contributed by atoms with Gasteiger partial charge in [0.15, 0.2) is 0 Å². The minimum absolute atomic E-state index is 0.143. The number of hydrogen-bond acceptors (Lipinski definition) is 3. The van der Waals surface area contributed by atoms with E-state index in [1.165, 1.54) is 18.4 Å². The van der Waals surface area contributed by atoms with Crippen LogP contribution in [-0.4, -0.2) is 29.1 Å². The van der Waals surface area contributed by atoms with Crippen molar-refractivity contribution in [2.75, 3.05) is 13.1 Å². The van der Waals surface area contributed by atoms with Crippen LogP contribution in [-0.2, 0) is 11.3 Å². The van der Waals surface area contributed by atoms with E-state index in [2.05, 4.69) is 27.4 Å². The van der Waals surface area contributed by atoms with Crippen molar-refractivity contribution in [3.8, 4) is 0 Å². The summed E-state index contributed by atoms with van der Waals surface area (Å²) in [5, 5.41) is 10.9. The molecule has 2 rings (SSSR count). The average Bonchev–Trinajstić information content (AvgIpc) is 2.89. The minimum atomic E-state index is -0.741. The highest BCUT2D eigenvalue weighted by Gasteiger charge is 2.25. The predicted octanol–water partition coefficient (Wildman–Crippen LogP) is 2.81. The molecule has 1 heterocycles. The van der Waals surface area contributed by atoms with Crippen LogP contribution < -0.4 is 0 Å². The molecule has 0 atom stereocenters. The van der Waals surface area contributed by atoms with E-state index < -0.39 is 5.97 Å². The lowest BCUT2D eigenvalue weighted by molar-refractivity contribution is -0.138. The van der Waals surface area contributed by atoms with Gasteiger partial charge in [0.05, 0.1) is 10.3 Å². The van der Waals surface area contributed by atoms with E-state index in [0.717, 1.165) is 22.8 Å². The second kappa shape index (κ2) is 5.29. The average molecular weight is 304 g/mol. The van der Waals surface area contributed by atoms with E-state index in [1.807, 2.05) is 4.90 Å².